The average molecular weight is 705 g/mol. The monoisotopic (exact) mass is 704 g/mol. The van der Waals surface area contributed by atoms with Gasteiger partial charge in [-0.3, -0.25) is 4.79 Å². The number of aryl methyl sites for hydroxylation is 1. The maximum Gasteiger partial charge on any atom is 0.264 e. The molecule has 2 aliphatic heterocycles. The first-order chi connectivity index (χ1) is 22.4. The van der Waals surface area contributed by atoms with E-state index >= 15 is 0 Å². The second kappa shape index (κ2) is 13.7. The summed E-state index contributed by atoms with van der Waals surface area (Å²) in [6.45, 7) is 3.72. The second-order valence-electron chi connectivity index (χ2n) is 13.8. The van der Waals surface area contributed by atoms with Crippen molar-refractivity contribution in [1.29, 1.82) is 0 Å². The summed E-state index contributed by atoms with van der Waals surface area (Å²) in [6, 6.07) is 11.3. The van der Waals surface area contributed by atoms with E-state index in [1.807, 2.05) is 18.2 Å². The molecule has 9 nitrogen and oxygen atoms in total. The van der Waals surface area contributed by atoms with Crippen molar-refractivity contribution in [2.75, 3.05) is 43.2 Å². The maximum atomic E-state index is 13.5. The van der Waals surface area contributed by atoms with Gasteiger partial charge in [-0.2, -0.15) is 0 Å². The molecule has 0 saturated heterocycles. The van der Waals surface area contributed by atoms with Crippen LogP contribution in [-0.2, 0) is 36.4 Å². The Morgan fingerprint density at radius 1 is 1.15 bits per heavy atom. The van der Waals surface area contributed by atoms with Gasteiger partial charge in [0.15, 0.2) is 0 Å². The number of hydrogen-bond acceptors (Lipinski definition) is 8. The van der Waals surface area contributed by atoms with Crippen LogP contribution in [0.2, 0.25) is 5.02 Å². The predicted molar refractivity (Wildman–Crippen MR) is 185 cm³/mol. The highest BCUT2D eigenvalue weighted by Crippen LogP contribution is 2.47. The number of nitrogens with zero attached hydrogens (tertiary/aromatic N) is 1. The molecular formula is C35H45ClN2O7S2. The van der Waals surface area contributed by atoms with Crippen molar-refractivity contribution in [3.05, 3.63) is 70.3 Å². The van der Waals surface area contributed by atoms with Gasteiger partial charge in [0.25, 0.3) is 5.91 Å². The number of carbonyl (C=O) groups is 1. The van der Waals surface area contributed by atoms with Gasteiger partial charge in [-0.05, 0) is 105 Å². The van der Waals surface area contributed by atoms with E-state index in [1.54, 1.807) is 25.1 Å². The summed E-state index contributed by atoms with van der Waals surface area (Å²) in [5.74, 6) is 0.374. The summed E-state index contributed by atoms with van der Waals surface area (Å²) in [5.41, 5.74) is 3.19. The third kappa shape index (κ3) is 7.53. The highest BCUT2D eigenvalue weighted by molar-refractivity contribution is 7.90. The smallest absolute Gasteiger partial charge is 0.264 e. The van der Waals surface area contributed by atoms with E-state index in [0.717, 1.165) is 37.8 Å². The van der Waals surface area contributed by atoms with Crippen molar-refractivity contribution in [1.82, 2.24) is 4.72 Å². The number of ether oxygens (including phenoxy) is 2. The molecule has 0 aromatic heterocycles. The normalized spacial score (nSPS) is 29.8. The molecule has 2 aliphatic carbocycles. The third-order valence-electron chi connectivity index (χ3n) is 10.5. The lowest BCUT2D eigenvalue weighted by Gasteiger charge is -2.46. The molecule has 1 spiro atoms. The van der Waals surface area contributed by atoms with E-state index in [1.165, 1.54) is 17.4 Å². The minimum atomic E-state index is -3.94. The van der Waals surface area contributed by atoms with Crippen LogP contribution in [0.4, 0.5) is 5.69 Å². The van der Waals surface area contributed by atoms with Crippen molar-refractivity contribution >= 4 is 43.1 Å². The Balaban J connectivity index is 1.40. The fraction of sp³-hybridized carbons (Fsp3) is 0.571. The summed E-state index contributed by atoms with van der Waals surface area (Å²) >= 11 is 6.42. The summed E-state index contributed by atoms with van der Waals surface area (Å²) in [5, 5.41) is -0.0303. The van der Waals surface area contributed by atoms with Gasteiger partial charge in [-0.1, -0.05) is 36.7 Å². The van der Waals surface area contributed by atoms with Gasteiger partial charge in [0.1, 0.15) is 15.6 Å². The van der Waals surface area contributed by atoms with E-state index in [2.05, 4.69) is 21.8 Å². The number of nitrogens with one attached hydrogen (secondary N) is 1. The summed E-state index contributed by atoms with van der Waals surface area (Å²) in [6.07, 6.45) is 10.9. The van der Waals surface area contributed by atoms with Crippen LogP contribution >= 0.6 is 11.6 Å². The first-order valence-electron chi connectivity index (χ1n) is 16.7. The summed E-state index contributed by atoms with van der Waals surface area (Å²) in [7, 11) is -7.13. The van der Waals surface area contributed by atoms with Crippen molar-refractivity contribution in [2.45, 2.75) is 75.1 Å². The molecule has 256 valence electrons. The second-order valence-corrected chi connectivity index (χ2v) is 18.4. The number of sulfonamides is 1. The van der Waals surface area contributed by atoms with E-state index in [0.29, 0.717) is 49.7 Å². The number of sulfone groups is 1. The molecule has 2 aromatic rings. The Morgan fingerprint density at radius 2 is 1.98 bits per heavy atom. The molecule has 6 rings (SSSR count). The fourth-order valence-electron chi connectivity index (χ4n) is 7.81. The van der Waals surface area contributed by atoms with Gasteiger partial charge >= 0.3 is 0 Å². The van der Waals surface area contributed by atoms with Gasteiger partial charge in [0, 0.05) is 35.3 Å². The largest absolute Gasteiger partial charge is 0.490 e. The molecule has 2 aromatic carbocycles. The molecule has 1 N–H and O–H groups in total. The minimum Gasteiger partial charge on any atom is -0.490 e. The zero-order valence-electron chi connectivity index (χ0n) is 27.1. The number of anilines is 1. The average Bonchev–Trinajstić information content (AvgIpc) is 3.14. The highest BCUT2D eigenvalue weighted by Gasteiger charge is 2.44. The molecule has 1 fully saturated rings. The molecule has 2 bridgehead atoms. The van der Waals surface area contributed by atoms with E-state index in [-0.39, 0.29) is 41.3 Å². The van der Waals surface area contributed by atoms with Crippen LogP contribution in [0.25, 0.3) is 0 Å². The van der Waals surface area contributed by atoms with Crippen LogP contribution in [0.5, 0.6) is 5.75 Å². The number of benzene rings is 2. The van der Waals surface area contributed by atoms with Crippen molar-refractivity contribution in [2.24, 2.45) is 11.8 Å². The lowest BCUT2D eigenvalue weighted by Crippen LogP contribution is -2.49. The number of carbonyl (C=O) groups excluding carboxylic acids is 1. The Bertz CT molecular complexity index is 1750. The van der Waals surface area contributed by atoms with Crippen molar-refractivity contribution in [3.63, 3.8) is 0 Å². The van der Waals surface area contributed by atoms with Crippen LogP contribution in [0.1, 0.15) is 73.4 Å². The molecule has 4 aliphatic rings. The van der Waals surface area contributed by atoms with Crippen LogP contribution in [-0.4, -0.2) is 72.4 Å². The zero-order valence-corrected chi connectivity index (χ0v) is 29.5. The molecule has 5 atom stereocenters. The first kappa shape index (κ1) is 34.3. The Kier molecular flexibility index (Phi) is 10.0. The molecule has 0 unspecified atom stereocenters. The molecule has 47 heavy (non-hydrogen) atoms. The molecule has 1 saturated carbocycles. The summed E-state index contributed by atoms with van der Waals surface area (Å²) < 4.78 is 65.7. The predicted octanol–water partition coefficient (Wildman–Crippen LogP) is 5.46. The number of rotatable bonds is 5. The van der Waals surface area contributed by atoms with Crippen LogP contribution < -0.4 is 14.4 Å². The maximum absolute atomic E-state index is 13.5. The van der Waals surface area contributed by atoms with Gasteiger partial charge in [0.2, 0.25) is 10.0 Å². The van der Waals surface area contributed by atoms with Crippen LogP contribution in [0.15, 0.2) is 48.6 Å². The topological polar surface area (TPSA) is 119 Å². The van der Waals surface area contributed by atoms with E-state index in [9.17, 15) is 21.6 Å². The van der Waals surface area contributed by atoms with E-state index in [4.69, 9.17) is 21.1 Å². The van der Waals surface area contributed by atoms with Gasteiger partial charge in [-0.15, -0.1) is 0 Å². The lowest BCUT2D eigenvalue weighted by atomic mass is 9.68. The fourth-order valence-corrected chi connectivity index (χ4v) is 9.83. The number of fused-ring (bicyclic) bond motifs is 4. The zero-order chi connectivity index (χ0) is 33.4. The van der Waals surface area contributed by atoms with Crippen molar-refractivity contribution < 1.29 is 31.1 Å². The molecular weight excluding hydrogens is 660 g/mol. The Morgan fingerprint density at radius 3 is 2.72 bits per heavy atom. The number of halogens is 1. The number of hydrogen-bond donors (Lipinski definition) is 1. The number of amides is 1. The quantitative estimate of drug-likeness (QED) is 0.408. The van der Waals surface area contributed by atoms with Crippen LogP contribution in [0.3, 0.4) is 0 Å². The van der Waals surface area contributed by atoms with Crippen molar-refractivity contribution in [3.8, 4) is 5.75 Å². The third-order valence-corrected chi connectivity index (χ3v) is 13.6. The van der Waals surface area contributed by atoms with Gasteiger partial charge in [-0.25, -0.2) is 21.6 Å². The SMILES string of the molecule is CC[C@@H]1CC/C=C\[C@H](OCCS(C)(=O)=O)[C@@H]2CC[C@H]2CN2C[C@@]3(CCCc4cc(Cl)ccc43)COc3ccc(cc32)C(=O)NS1(=O)=O. The van der Waals surface area contributed by atoms with Gasteiger partial charge < -0.3 is 14.4 Å². The minimum absolute atomic E-state index is 0.0594. The summed E-state index contributed by atoms with van der Waals surface area (Å²) in [4.78, 5) is 15.8. The Hall–Kier alpha value is -2.60. The number of allylic oxidation sites excluding steroid dienone is 1. The first-order valence-corrected chi connectivity index (χ1v) is 20.7. The highest BCUT2D eigenvalue weighted by atomic mass is 35.5. The molecule has 2 heterocycles. The van der Waals surface area contributed by atoms with Crippen LogP contribution in [0, 0.1) is 11.8 Å². The Labute approximate surface area is 284 Å². The van der Waals surface area contributed by atoms with E-state index < -0.39 is 31.0 Å². The molecule has 1 amide bonds. The lowest BCUT2D eigenvalue weighted by molar-refractivity contribution is -0.00784. The molecule has 12 heteroatoms. The molecule has 0 radical (unpaired) electrons. The standard InChI is InChI=1S/C35H45ClN2O7S2/c1-3-28-8-4-5-9-32(44-17-18-46(2,40)41)29-13-10-26(29)21-38-22-35(16-6-7-24-19-27(36)12-14-30(24)35)23-45-33-15-11-25(20-31(33)38)34(39)37-47(28,42)43/h5,9,11-12,14-15,19-20,26,28-29,32H,3-4,6-8,10,13,16-18,21-23H2,1-2H3,(H,37,39)/b9-5-/t26-,28+,29+,32-,35-/m0/s1. The van der Waals surface area contributed by atoms with Gasteiger partial charge in [0.05, 0.1) is 36.0 Å².